The third-order valence-electron chi connectivity index (χ3n) is 4.27. The molecule has 0 aliphatic rings. The van der Waals surface area contributed by atoms with Gasteiger partial charge in [-0.15, -0.1) is 11.3 Å². The van der Waals surface area contributed by atoms with Crippen molar-refractivity contribution in [2.45, 2.75) is 13.0 Å². The van der Waals surface area contributed by atoms with Crippen molar-refractivity contribution in [3.8, 4) is 0 Å². The van der Waals surface area contributed by atoms with Crippen LogP contribution in [0.3, 0.4) is 0 Å². The van der Waals surface area contributed by atoms with Crippen LogP contribution < -0.4 is 17.1 Å². The molecule has 0 aromatic carbocycles. The molecule has 10 nitrogen and oxygen atoms in total. The Morgan fingerprint density at radius 1 is 1.41 bits per heavy atom. The predicted molar refractivity (Wildman–Crippen MR) is 104 cm³/mol. The van der Waals surface area contributed by atoms with Gasteiger partial charge in [0.05, 0.1) is 29.3 Å². The van der Waals surface area contributed by atoms with E-state index in [0.717, 1.165) is 15.1 Å². The molecule has 4 aromatic rings. The van der Waals surface area contributed by atoms with Gasteiger partial charge in [0.25, 0.3) is 5.56 Å². The maximum atomic E-state index is 12.9. The lowest BCUT2D eigenvalue weighted by molar-refractivity contribution is 0.607. The van der Waals surface area contributed by atoms with Crippen LogP contribution in [0, 0.1) is 5.41 Å². The highest BCUT2D eigenvalue weighted by Crippen LogP contribution is 2.31. The van der Waals surface area contributed by atoms with Crippen LogP contribution in [0.5, 0.6) is 0 Å². The van der Waals surface area contributed by atoms with Crippen molar-refractivity contribution in [2.24, 2.45) is 12.8 Å². The van der Waals surface area contributed by atoms with Crippen molar-refractivity contribution in [1.29, 1.82) is 5.41 Å². The fourth-order valence-electron chi connectivity index (χ4n) is 2.98. The minimum atomic E-state index is -0.221. The summed E-state index contributed by atoms with van der Waals surface area (Å²) in [7, 11) is 1.80. The first-order valence-electron chi connectivity index (χ1n) is 8.07. The number of rotatable bonds is 5. The molecule has 0 saturated carbocycles. The van der Waals surface area contributed by atoms with Crippen molar-refractivity contribution in [3.63, 3.8) is 0 Å². The number of nitrogen functional groups attached to an aromatic ring is 1. The van der Waals surface area contributed by atoms with Gasteiger partial charge in [0.15, 0.2) is 5.65 Å². The number of aromatic nitrogens is 6. The van der Waals surface area contributed by atoms with E-state index in [1.807, 2.05) is 0 Å². The number of hydrogen-bond acceptors (Lipinski definition) is 8. The summed E-state index contributed by atoms with van der Waals surface area (Å²) in [5.74, 6) is 5.72. The maximum Gasteiger partial charge on any atom is 0.291 e. The van der Waals surface area contributed by atoms with Crippen molar-refractivity contribution < 1.29 is 0 Å². The monoisotopic (exact) mass is 383 g/mol. The molecule has 4 rings (SSSR count). The zero-order valence-electron chi connectivity index (χ0n) is 14.5. The first kappa shape index (κ1) is 17.0. The standard InChI is InChI=1S/C16H17N9OS/c1-23-13-11(14-15(23)22-12(27-14)6-9(18)2-4-17)7-21-24(16(13)26)8-10-3-5-20-25(10)19/h2-5,7,18H,6,8,17,19H2,1H3/b4-2-,18-9?. The second kappa shape index (κ2) is 6.36. The number of allylic oxidation sites excluding steroid dienone is 1. The Morgan fingerprint density at radius 3 is 2.93 bits per heavy atom. The summed E-state index contributed by atoms with van der Waals surface area (Å²) in [4.78, 5) is 18.7. The molecule has 0 amide bonds. The Labute approximate surface area is 156 Å². The van der Waals surface area contributed by atoms with Crippen molar-refractivity contribution in [3.05, 3.63) is 51.8 Å². The zero-order valence-corrected chi connectivity index (χ0v) is 15.3. The highest BCUT2D eigenvalue weighted by Gasteiger charge is 2.18. The number of aryl methyl sites for hydroxylation is 1. The Bertz CT molecular complexity index is 1260. The SMILES string of the molecule is Cn1c2nc(CC(=N)/C=C\N)sc2c2cnn(Cc3ccnn3N)c(=O)c21. The third-order valence-corrected chi connectivity index (χ3v) is 5.35. The summed E-state index contributed by atoms with van der Waals surface area (Å²) in [6, 6.07) is 1.74. The summed E-state index contributed by atoms with van der Waals surface area (Å²) in [5, 5.41) is 17.6. The normalized spacial score (nSPS) is 11.9. The fraction of sp³-hybridized carbons (Fsp3) is 0.188. The van der Waals surface area contributed by atoms with Crippen LogP contribution in [0.15, 0.2) is 35.5 Å². The third kappa shape index (κ3) is 2.77. The summed E-state index contributed by atoms with van der Waals surface area (Å²) in [5.41, 5.74) is 7.39. The van der Waals surface area contributed by atoms with Gasteiger partial charge in [0.1, 0.15) is 10.5 Å². The molecular formula is C16H17N9OS. The number of nitrogens with one attached hydrogen (secondary N) is 1. The molecule has 0 fully saturated rings. The Hall–Kier alpha value is -3.47. The molecule has 11 heteroatoms. The number of thiazole rings is 1. The van der Waals surface area contributed by atoms with Gasteiger partial charge in [-0.05, 0) is 18.3 Å². The lowest BCUT2D eigenvalue weighted by Crippen LogP contribution is -2.27. The molecule has 5 N–H and O–H groups in total. The molecule has 0 radical (unpaired) electrons. The van der Waals surface area contributed by atoms with Crippen LogP contribution >= 0.6 is 11.3 Å². The summed E-state index contributed by atoms with van der Waals surface area (Å²) >= 11 is 1.45. The second-order valence-corrected chi connectivity index (χ2v) is 7.10. The van der Waals surface area contributed by atoms with E-state index in [4.69, 9.17) is 17.0 Å². The van der Waals surface area contributed by atoms with Gasteiger partial charge in [-0.2, -0.15) is 15.0 Å². The molecular weight excluding hydrogens is 366 g/mol. The lowest BCUT2D eigenvalue weighted by Gasteiger charge is -2.05. The molecule has 138 valence electrons. The molecule has 0 bridgehead atoms. The van der Waals surface area contributed by atoms with Crippen molar-refractivity contribution in [2.75, 3.05) is 5.84 Å². The largest absolute Gasteiger partial charge is 0.405 e. The number of fused-ring (bicyclic) bond motifs is 3. The Morgan fingerprint density at radius 2 is 2.22 bits per heavy atom. The number of nitrogens with two attached hydrogens (primary N) is 2. The topological polar surface area (TPSA) is 146 Å². The highest BCUT2D eigenvalue weighted by atomic mass is 32.1. The van der Waals surface area contributed by atoms with Gasteiger partial charge in [-0.25, -0.2) is 9.67 Å². The molecule has 4 aromatic heterocycles. The fourth-order valence-corrected chi connectivity index (χ4v) is 4.11. The summed E-state index contributed by atoms with van der Waals surface area (Å²) in [6.07, 6.45) is 6.50. The minimum absolute atomic E-state index is 0.221. The number of hydrogen-bond donors (Lipinski definition) is 3. The summed E-state index contributed by atoms with van der Waals surface area (Å²) < 4.78 is 4.01. The molecule has 27 heavy (non-hydrogen) atoms. The molecule has 0 saturated heterocycles. The van der Waals surface area contributed by atoms with E-state index in [1.54, 1.807) is 30.1 Å². The van der Waals surface area contributed by atoms with Crippen molar-refractivity contribution >= 4 is 38.3 Å². The molecule has 0 atom stereocenters. The van der Waals surface area contributed by atoms with Crippen LogP contribution in [0.25, 0.3) is 21.3 Å². The van der Waals surface area contributed by atoms with Gasteiger partial charge in [-0.3, -0.25) is 4.79 Å². The van der Waals surface area contributed by atoms with Crippen LogP contribution in [0.1, 0.15) is 10.7 Å². The average Bonchev–Trinajstić information content (AvgIpc) is 3.28. The second-order valence-electron chi connectivity index (χ2n) is 6.02. The van der Waals surface area contributed by atoms with Gasteiger partial charge in [0, 0.05) is 24.6 Å². The van der Waals surface area contributed by atoms with Gasteiger partial charge in [-0.1, -0.05) is 0 Å². The molecule has 0 spiro atoms. The van der Waals surface area contributed by atoms with E-state index in [2.05, 4.69) is 15.2 Å². The van der Waals surface area contributed by atoms with E-state index in [0.29, 0.717) is 29.0 Å². The number of nitrogens with zero attached hydrogens (tertiary/aromatic N) is 6. The highest BCUT2D eigenvalue weighted by molar-refractivity contribution is 7.19. The van der Waals surface area contributed by atoms with E-state index >= 15 is 0 Å². The quantitative estimate of drug-likeness (QED) is 0.334. The molecule has 4 heterocycles. The predicted octanol–water partition coefficient (Wildman–Crippen LogP) is 0.338. The Balaban J connectivity index is 1.79. The molecule has 0 aliphatic heterocycles. The van der Waals surface area contributed by atoms with Crippen LogP contribution in [0.4, 0.5) is 0 Å². The maximum absolute atomic E-state index is 12.9. The summed E-state index contributed by atoms with van der Waals surface area (Å²) in [6.45, 7) is 0.228. The molecule has 0 unspecified atom stereocenters. The van der Waals surface area contributed by atoms with Gasteiger partial charge < -0.3 is 21.6 Å². The Kier molecular flexibility index (Phi) is 4.00. The van der Waals surface area contributed by atoms with Crippen LogP contribution in [0.2, 0.25) is 0 Å². The first-order valence-corrected chi connectivity index (χ1v) is 8.89. The zero-order chi connectivity index (χ0) is 19.1. The van der Waals surface area contributed by atoms with E-state index < -0.39 is 0 Å². The minimum Gasteiger partial charge on any atom is -0.405 e. The van der Waals surface area contributed by atoms with Gasteiger partial charge in [0.2, 0.25) is 0 Å². The van der Waals surface area contributed by atoms with Gasteiger partial charge >= 0.3 is 0 Å². The van der Waals surface area contributed by atoms with Crippen LogP contribution in [-0.2, 0) is 20.0 Å². The van der Waals surface area contributed by atoms with E-state index in [9.17, 15) is 4.79 Å². The average molecular weight is 383 g/mol. The van der Waals surface area contributed by atoms with E-state index in [-0.39, 0.29) is 12.1 Å². The lowest BCUT2D eigenvalue weighted by atomic mass is 10.3. The smallest absolute Gasteiger partial charge is 0.291 e. The van der Waals surface area contributed by atoms with Crippen molar-refractivity contribution in [1.82, 2.24) is 29.2 Å². The van der Waals surface area contributed by atoms with E-state index in [1.165, 1.54) is 33.1 Å². The van der Waals surface area contributed by atoms with Crippen LogP contribution in [-0.4, -0.2) is 34.9 Å². The first-order chi connectivity index (χ1) is 13.0. The molecule has 0 aliphatic carbocycles.